The fourth-order valence-electron chi connectivity index (χ4n) is 1.58. The van der Waals surface area contributed by atoms with Crippen LogP contribution >= 0.6 is 0 Å². The molecule has 0 aromatic heterocycles. The van der Waals surface area contributed by atoms with E-state index in [-0.39, 0.29) is 5.69 Å². The van der Waals surface area contributed by atoms with Crippen molar-refractivity contribution in [2.45, 2.75) is 6.18 Å². The molecule has 0 saturated heterocycles. The number of halogens is 3. The maximum Gasteiger partial charge on any atom is 0.416 e. The van der Waals surface area contributed by atoms with E-state index in [9.17, 15) is 23.3 Å². The van der Waals surface area contributed by atoms with Crippen LogP contribution in [-0.2, 0) is 6.18 Å². The van der Waals surface area contributed by atoms with E-state index >= 15 is 0 Å². The van der Waals surface area contributed by atoms with Crippen molar-refractivity contribution in [3.05, 3.63) is 64.2 Å². The van der Waals surface area contributed by atoms with Gasteiger partial charge >= 0.3 is 6.18 Å². The van der Waals surface area contributed by atoms with E-state index in [0.29, 0.717) is 11.8 Å². The highest BCUT2D eigenvalue weighted by molar-refractivity contribution is 5.69. The number of rotatable bonds is 3. The Balaban J connectivity index is 2.41. The van der Waals surface area contributed by atoms with Gasteiger partial charge in [-0.2, -0.15) is 13.2 Å². The predicted octanol–water partition coefficient (Wildman–Crippen LogP) is 4.16. The number of anilines is 2. The van der Waals surface area contributed by atoms with Crippen LogP contribution in [0.2, 0.25) is 0 Å². The summed E-state index contributed by atoms with van der Waals surface area (Å²) in [4.78, 5) is 10.0. The Hall–Kier alpha value is -2.57. The maximum atomic E-state index is 12.5. The second kappa shape index (κ2) is 5.20. The SMILES string of the molecule is O=[N+]([O-])c1cc(C(F)(F)F)ccc1Nc1[c]cccc1. The number of nitrogens with zero attached hydrogens (tertiary/aromatic N) is 1. The van der Waals surface area contributed by atoms with Gasteiger partial charge < -0.3 is 5.32 Å². The maximum absolute atomic E-state index is 12.5. The Labute approximate surface area is 112 Å². The van der Waals surface area contributed by atoms with Crippen LogP contribution in [0.4, 0.5) is 30.2 Å². The Kier molecular flexibility index (Phi) is 3.60. The molecule has 0 spiro atoms. The van der Waals surface area contributed by atoms with Gasteiger partial charge in [0.1, 0.15) is 5.69 Å². The number of hydrogen-bond donors (Lipinski definition) is 1. The molecule has 0 bridgehead atoms. The minimum absolute atomic E-state index is 0.0227. The van der Waals surface area contributed by atoms with Crippen LogP contribution in [0.1, 0.15) is 5.56 Å². The molecule has 7 heteroatoms. The summed E-state index contributed by atoms with van der Waals surface area (Å²) in [5, 5.41) is 13.5. The summed E-state index contributed by atoms with van der Waals surface area (Å²) >= 11 is 0. The fraction of sp³-hybridized carbons (Fsp3) is 0.0769. The molecule has 0 atom stereocenters. The standard InChI is InChI=1S/C13H8F3N2O2/c14-13(15,16)9-6-7-11(12(8-9)18(19)20)17-10-4-2-1-3-5-10/h1-4,6-8,17H. The first-order valence-electron chi connectivity index (χ1n) is 5.47. The van der Waals surface area contributed by atoms with Gasteiger partial charge in [0.25, 0.3) is 5.69 Å². The van der Waals surface area contributed by atoms with Crippen LogP contribution in [0, 0.1) is 16.2 Å². The molecular weight excluding hydrogens is 273 g/mol. The van der Waals surface area contributed by atoms with Crippen molar-refractivity contribution in [1.82, 2.24) is 0 Å². The minimum atomic E-state index is -4.62. The molecule has 1 radical (unpaired) electrons. The number of nitro benzene ring substituents is 1. The Bertz CT molecular complexity index is 627. The van der Waals surface area contributed by atoms with Crippen molar-refractivity contribution in [2.75, 3.05) is 5.32 Å². The summed E-state index contributed by atoms with van der Waals surface area (Å²) in [6.45, 7) is 0. The molecular formula is C13H8F3N2O2. The van der Waals surface area contributed by atoms with Gasteiger partial charge in [-0.15, -0.1) is 0 Å². The van der Waals surface area contributed by atoms with Gasteiger partial charge in [-0.3, -0.25) is 10.1 Å². The quantitative estimate of drug-likeness (QED) is 0.679. The molecule has 0 amide bonds. The first kappa shape index (κ1) is 13.9. The lowest BCUT2D eigenvalue weighted by Crippen LogP contribution is -2.06. The van der Waals surface area contributed by atoms with E-state index in [1.54, 1.807) is 24.3 Å². The molecule has 1 N–H and O–H groups in total. The monoisotopic (exact) mass is 281 g/mol. The van der Waals surface area contributed by atoms with E-state index in [4.69, 9.17) is 0 Å². The highest BCUT2D eigenvalue weighted by Crippen LogP contribution is 2.35. The van der Waals surface area contributed by atoms with Crippen LogP contribution in [0.5, 0.6) is 0 Å². The van der Waals surface area contributed by atoms with Crippen LogP contribution in [0.25, 0.3) is 0 Å². The number of nitrogens with one attached hydrogen (secondary N) is 1. The average molecular weight is 281 g/mol. The molecule has 0 aliphatic carbocycles. The van der Waals surface area contributed by atoms with Crippen molar-refractivity contribution >= 4 is 17.1 Å². The average Bonchev–Trinajstić information content (AvgIpc) is 2.38. The lowest BCUT2D eigenvalue weighted by Gasteiger charge is -2.10. The topological polar surface area (TPSA) is 55.2 Å². The van der Waals surface area contributed by atoms with Gasteiger partial charge in [0.15, 0.2) is 0 Å². The smallest absolute Gasteiger partial charge is 0.349 e. The normalized spacial score (nSPS) is 11.2. The van der Waals surface area contributed by atoms with Crippen molar-refractivity contribution < 1.29 is 18.1 Å². The van der Waals surface area contributed by atoms with Crippen molar-refractivity contribution in [3.8, 4) is 0 Å². The molecule has 103 valence electrons. The third-order valence-electron chi connectivity index (χ3n) is 2.50. The zero-order chi connectivity index (χ0) is 14.8. The largest absolute Gasteiger partial charge is 0.416 e. The van der Waals surface area contributed by atoms with Crippen LogP contribution < -0.4 is 5.32 Å². The first-order valence-corrected chi connectivity index (χ1v) is 5.47. The summed E-state index contributed by atoms with van der Waals surface area (Å²) in [5.41, 5.74) is -1.30. The summed E-state index contributed by atoms with van der Waals surface area (Å²) in [6.07, 6.45) is -4.62. The highest BCUT2D eigenvalue weighted by atomic mass is 19.4. The van der Waals surface area contributed by atoms with E-state index in [0.717, 1.165) is 12.1 Å². The molecule has 0 fully saturated rings. The van der Waals surface area contributed by atoms with Crippen molar-refractivity contribution in [3.63, 3.8) is 0 Å². The Morgan fingerprint density at radius 3 is 2.50 bits per heavy atom. The minimum Gasteiger partial charge on any atom is -0.349 e. The van der Waals surface area contributed by atoms with Gasteiger partial charge in [0, 0.05) is 17.8 Å². The number of nitro groups is 1. The third kappa shape index (κ3) is 3.05. The molecule has 20 heavy (non-hydrogen) atoms. The zero-order valence-electron chi connectivity index (χ0n) is 9.94. The van der Waals surface area contributed by atoms with Gasteiger partial charge in [0.05, 0.1) is 10.5 Å². The Morgan fingerprint density at radius 2 is 1.95 bits per heavy atom. The van der Waals surface area contributed by atoms with Gasteiger partial charge in [0.2, 0.25) is 0 Å². The molecule has 0 unspecified atom stereocenters. The molecule has 2 rings (SSSR count). The van der Waals surface area contributed by atoms with Crippen LogP contribution in [-0.4, -0.2) is 4.92 Å². The summed E-state index contributed by atoms with van der Waals surface area (Å²) in [7, 11) is 0. The third-order valence-corrected chi connectivity index (χ3v) is 2.50. The number of alkyl halides is 3. The van der Waals surface area contributed by atoms with Crippen molar-refractivity contribution in [1.29, 1.82) is 0 Å². The molecule has 2 aromatic rings. The number of para-hydroxylation sites is 1. The fourth-order valence-corrected chi connectivity index (χ4v) is 1.58. The van der Waals surface area contributed by atoms with Gasteiger partial charge in [-0.05, 0) is 18.2 Å². The molecule has 0 saturated carbocycles. The Morgan fingerprint density at radius 1 is 1.20 bits per heavy atom. The molecule has 4 nitrogen and oxygen atoms in total. The van der Waals surface area contributed by atoms with E-state index in [1.807, 2.05) is 0 Å². The predicted molar refractivity (Wildman–Crippen MR) is 66.7 cm³/mol. The summed E-state index contributed by atoms with van der Waals surface area (Å²) < 4.78 is 37.6. The number of benzene rings is 2. The molecule has 0 aliphatic heterocycles. The molecule has 0 heterocycles. The van der Waals surface area contributed by atoms with Gasteiger partial charge in [-0.25, -0.2) is 0 Å². The highest BCUT2D eigenvalue weighted by Gasteiger charge is 2.33. The summed E-state index contributed by atoms with van der Waals surface area (Å²) in [6, 6.07) is 11.7. The lowest BCUT2D eigenvalue weighted by atomic mass is 10.1. The van der Waals surface area contributed by atoms with E-state index in [2.05, 4.69) is 11.4 Å². The molecule has 2 aromatic carbocycles. The zero-order valence-corrected chi connectivity index (χ0v) is 9.94. The van der Waals surface area contributed by atoms with Crippen LogP contribution in [0.15, 0.2) is 42.5 Å². The van der Waals surface area contributed by atoms with Crippen LogP contribution in [0.3, 0.4) is 0 Å². The summed E-state index contributed by atoms with van der Waals surface area (Å²) in [5.74, 6) is 0. The second-order valence-corrected chi connectivity index (χ2v) is 3.89. The van der Waals surface area contributed by atoms with Gasteiger partial charge in [-0.1, -0.05) is 18.2 Å². The van der Waals surface area contributed by atoms with Crippen molar-refractivity contribution in [2.24, 2.45) is 0 Å². The first-order chi connectivity index (χ1) is 9.38. The lowest BCUT2D eigenvalue weighted by molar-refractivity contribution is -0.384. The number of hydrogen-bond acceptors (Lipinski definition) is 3. The second-order valence-electron chi connectivity index (χ2n) is 3.89. The molecule has 0 aliphatic rings. The van der Waals surface area contributed by atoms with E-state index < -0.39 is 22.4 Å². The van der Waals surface area contributed by atoms with E-state index in [1.165, 1.54) is 0 Å².